The van der Waals surface area contributed by atoms with Crippen molar-refractivity contribution in [1.29, 1.82) is 0 Å². The maximum absolute atomic E-state index is 10.8. The number of aliphatic hydroxyl groups is 1. The first-order chi connectivity index (χ1) is 9.65. The number of nitrogens with one attached hydrogen (secondary N) is 1. The number of aromatic amines is 1. The van der Waals surface area contributed by atoms with Gasteiger partial charge >= 0.3 is 0 Å². The van der Waals surface area contributed by atoms with Crippen molar-refractivity contribution in [3.63, 3.8) is 0 Å². The van der Waals surface area contributed by atoms with E-state index in [4.69, 9.17) is 0 Å². The molecule has 0 bridgehead atoms. The predicted molar refractivity (Wildman–Crippen MR) is 73.3 cm³/mol. The molecule has 0 aliphatic heterocycles. The number of para-hydroxylation sites is 2. The Bertz CT molecular complexity index is 749. The van der Waals surface area contributed by atoms with E-state index in [1.807, 2.05) is 24.3 Å². The average Bonchev–Trinajstić information content (AvgIpc) is 2.90. The molecule has 2 N–H and O–H groups in total. The van der Waals surface area contributed by atoms with Crippen LogP contribution in [-0.2, 0) is 0 Å². The molecule has 0 fully saturated rings. The molecule has 6 heteroatoms. The van der Waals surface area contributed by atoms with E-state index in [-0.39, 0.29) is 5.69 Å². The van der Waals surface area contributed by atoms with Gasteiger partial charge in [-0.1, -0.05) is 24.3 Å². The number of fused-ring (bicyclic) bond motifs is 1. The summed E-state index contributed by atoms with van der Waals surface area (Å²) in [5, 5.41) is 21.0. The largest absolute Gasteiger partial charge is 0.380 e. The molecule has 1 heterocycles. The Labute approximate surface area is 113 Å². The van der Waals surface area contributed by atoms with E-state index < -0.39 is 11.0 Å². The van der Waals surface area contributed by atoms with E-state index >= 15 is 0 Å². The van der Waals surface area contributed by atoms with Crippen molar-refractivity contribution in [2.75, 3.05) is 0 Å². The molecule has 0 aliphatic rings. The molecule has 0 radical (unpaired) electrons. The van der Waals surface area contributed by atoms with Gasteiger partial charge in [0.1, 0.15) is 11.9 Å². The van der Waals surface area contributed by atoms with Crippen LogP contribution in [0.5, 0.6) is 0 Å². The van der Waals surface area contributed by atoms with Gasteiger partial charge in [0.2, 0.25) is 0 Å². The number of nitrogens with zero attached hydrogens (tertiary/aromatic N) is 2. The number of nitro groups is 1. The summed E-state index contributed by atoms with van der Waals surface area (Å²) in [6, 6.07) is 13.3. The van der Waals surface area contributed by atoms with Crippen molar-refractivity contribution in [3.05, 3.63) is 70.0 Å². The van der Waals surface area contributed by atoms with Crippen LogP contribution in [0.25, 0.3) is 11.0 Å². The Morgan fingerprint density at radius 3 is 2.75 bits per heavy atom. The number of hydrogen-bond acceptors (Lipinski definition) is 4. The van der Waals surface area contributed by atoms with Crippen LogP contribution in [-0.4, -0.2) is 20.0 Å². The number of H-pyrrole nitrogens is 1. The van der Waals surface area contributed by atoms with Gasteiger partial charge in [0, 0.05) is 12.1 Å². The number of aliphatic hydroxyl groups excluding tert-OH is 1. The number of imidazole rings is 1. The van der Waals surface area contributed by atoms with Crippen LogP contribution in [0, 0.1) is 10.1 Å². The molecule has 0 unspecified atom stereocenters. The Hall–Kier alpha value is -2.73. The fraction of sp³-hybridized carbons (Fsp3) is 0.0714. The minimum absolute atomic E-state index is 0.0577. The summed E-state index contributed by atoms with van der Waals surface area (Å²) >= 11 is 0. The van der Waals surface area contributed by atoms with Gasteiger partial charge in [0.15, 0.2) is 0 Å². The first-order valence-corrected chi connectivity index (χ1v) is 6.02. The summed E-state index contributed by atoms with van der Waals surface area (Å²) in [4.78, 5) is 17.6. The zero-order valence-corrected chi connectivity index (χ0v) is 10.4. The Kier molecular flexibility index (Phi) is 2.92. The third-order valence-electron chi connectivity index (χ3n) is 3.06. The lowest BCUT2D eigenvalue weighted by Crippen LogP contribution is -2.02. The molecule has 6 nitrogen and oxygen atoms in total. The van der Waals surface area contributed by atoms with E-state index in [0.717, 1.165) is 11.0 Å². The number of hydrogen-bond donors (Lipinski definition) is 2. The monoisotopic (exact) mass is 269 g/mol. The third-order valence-corrected chi connectivity index (χ3v) is 3.06. The number of non-ortho nitro benzene ring substituents is 1. The van der Waals surface area contributed by atoms with Gasteiger partial charge in [0.25, 0.3) is 5.69 Å². The van der Waals surface area contributed by atoms with Gasteiger partial charge < -0.3 is 10.1 Å². The third kappa shape index (κ3) is 2.12. The van der Waals surface area contributed by atoms with Gasteiger partial charge in [-0.15, -0.1) is 0 Å². The van der Waals surface area contributed by atoms with Crippen molar-refractivity contribution >= 4 is 16.7 Å². The number of nitro benzene ring substituents is 1. The summed E-state index contributed by atoms with van der Waals surface area (Å²) < 4.78 is 0. The first-order valence-electron chi connectivity index (χ1n) is 6.02. The fourth-order valence-corrected chi connectivity index (χ4v) is 2.07. The van der Waals surface area contributed by atoms with Crippen LogP contribution in [0.2, 0.25) is 0 Å². The molecule has 0 saturated carbocycles. The van der Waals surface area contributed by atoms with Gasteiger partial charge in [-0.25, -0.2) is 4.98 Å². The molecule has 0 saturated heterocycles. The normalized spacial score (nSPS) is 12.4. The lowest BCUT2D eigenvalue weighted by molar-refractivity contribution is -0.385. The van der Waals surface area contributed by atoms with E-state index in [9.17, 15) is 15.2 Å². The highest BCUT2D eigenvalue weighted by molar-refractivity contribution is 5.74. The molecule has 100 valence electrons. The van der Waals surface area contributed by atoms with Crippen molar-refractivity contribution in [2.45, 2.75) is 6.10 Å². The summed E-state index contributed by atoms with van der Waals surface area (Å²) in [5.74, 6) is 0.367. The van der Waals surface area contributed by atoms with E-state index in [1.165, 1.54) is 12.1 Å². The van der Waals surface area contributed by atoms with E-state index in [2.05, 4.69) is 9.97 Å². The Morgan fingerprint density at radius 2 is 2.00 bits per heavy atom. The van der Waals surface area contributed by atoms with E-state index in [0.29, 0.717) is 11.4 Å². The minimum atomic E-state index is -1.03. The van der Waals surface area contributed by atoms with Gasteiger partial charge in [0.05, 0.1) is 16.0 Å². The first kappa shape index (κ1) is 12.3. The van der Waals surface area contributed by atoms with Crippen LogP contribution in [0.3, 0.4) is 0 Å². The molecule has 20 heavy (non-hydrogen) atoms. The molecule has 3 rings (SSSR count). The predicted octanol–water partition coefficient (Wildman–Crippen LogP) is 2.55. The van der Waals surface area contributed by atoms with Crippen molar-refractivity contribution in [1.82, 2.24) is 9.97 Å². The quantitative estimate of drug-likeness (QED) is 0.564. The van der Waals surface area contributed by atoms with Gasteiger partial charge in [-0.3, -0.25) is 10.1 Å². The Balaban J connectivity index is 2.01. The highest BCUT2D eigenvalue weighted by atomic mass is 16.6. The fourth-order valence-electron chi connectivity index (χ4n) is 2.07. The summed E-state index contributed by atoms with van der Waals surface area (Å²) in [5.41, 5.74) is 1.93. The lowest BCUT2D eigenvalue weighted by Gasteiger charge is -2.07. The maximum atomic E-state index is 10.8. The number of aromatic nitrogens is 2. The topological polar surface area (TPSA) is 92.1 Å². The maximum Gasteiger partial charge on any atom is 0.269 e. The van der Waals surface area contributed by atoms with Crippen LogP contribution in [0.4, 0.5) is 5.69 Å². The van der Waals surface area contributed by atoms with Crippen molar-refractivity contribution in [2.24, 2.45) is 0 Å². The second-order valence-corrected chi connectivity index (χ2v) is 4.39. The zero-order chi connectivity index (χ0) is 14.1. The molecule has 2 aromatic carbocycles. The molecular weight excluding hydrogens is 258 g/mol. The number of rotatable bonds is 3. The Morgan fingerprint density at radius 1 is 1.20 bits per heavy atom. The summed E-state index contributed by atoms with van der Waals surface area (Å²) in [7, 11) is 0. The van der Waals surface area contributed by atoms with Crippen LogP contribution >= 0.6 is 0 Å². The highest BCUT2D eigenvalue weighted by Crippen LogP contribution is 2.24. The SMILES string of the molecule is O=[N+]([O-])c1cccc([C@@H](O)c2nc3ccccc3[nH]2)c1. The molecule has 1 atom stereocenters. The van der Waals surface area contributed by atoms with Gasteiger partial charge in [-0.05, 0) is 17.7 Å². The van der Waals surface area contributed by atoms with Crippen molar-refractivity contribution < 1.29 is 10.0 Å². The van der Waals surface area contributed by atoms with Crippen molar-refractivity contribution in [3.8, 4) is 0 Å². The molecular formula is C14H11N3O3. The number of benzene rings is 2. The standard InChI is InChI=1S/C14H11N3O3/c18-13(9-4-3-5-10(8-9)17(19)20)14-15-11-6-1-2-7-12(11)16-14/h1-8,13,18H,(H,15,16)/t13-/m1/s1. The second-order valence-electron chi connectivity index (χ2n) is 4.39. The van der Waals surface area contributed by atoms with E-state index in [1.54, 1.807) is 12.1 Å². The average molecular weight is 269 g/mol. The van der Waals surface area contributed by atoms with Crippen LogP contribution in [0.15, 0.2) is 48.5 Å². The highest BCUT2D eigenvalue weighted by Gasteiger charge is 2.17. The molecule has 1 aromatic heterocycles. The smallest absolute Gasteiger partial charge is 0.269 e. The zero-order valence-electron chi connectivity index (χ0n) is 10.4. The molecule has 0 amide bonds. The van der Waals surface area contributed by atoms with Crippen LogP contribution in [0.1, 0.15) is 17.5 Å². The summed E-state index contributed by atoms with van der Waals surface area (Å²) in [6.07, 6.45) is -1.03. The summed E-state index contributed by atoms with van der Waals surface area (Å²) in [6.45, 7) is 0. The lowest BCUT2D eigenvalue weighted by atomic mass is 10.1. The molecule has 0 aliphatic carbocycles. The molecule has 0 spiro atoms. The molecule has 3 aromatic rings. The minimum Gasteiger partial charge on any atom is -0.380 e. The van der Waals surface area contributed by atoms with Gasteiger partial charge in [-0.2, -0.15) is 0 Å². The second kappa shape index (κ2) is 4.75. The van der Waals surface area contributed by atoms with Crippen LogP contribution < -0.4 is 0 Å².